The molecule has 1 aliphatic heterocycles. The molecule has 0 bridgehead atoms. The molecule has 1 heterocycles. The maximum absolute atomic E-state index is 12.2. The molecule has 1 aliphatic rings. The Kier molecular flexibility index (Phi) is 5.45. The van der Waals surface area contributed by atoms with Gasteiger partial charge in [-0.15, -0.1) is 0 Å². The van der Waals surface area contributed by atoms with Crippen LogP contribution in [-0.2, 0) is 6.42 Å². The van der Waals surface area contributed by atoms with Gasteiger partial charge in [0.05, 0.1) is 0 Å². The second kappa shape index (κ2) is 7.32. The summed E-state index contributed by atoms with van der Waals surface area (Å²) in [5, 5.41) is 3.07. The average molecular weight is 274 g/mol. The van der Waals surface area contributed by atoms with Gasteiger partial charge in [0, 0.05) is 19.1 Å². The number of hydrogen-bond acceptors (Lipinski definition) is 1. The van der Waals surface area contributed by atoms with Gasteiger partial charge in [0.2, 0.25) is 0 Å². The highest BCUT2D eigenvalue weighted by Gasteiger charge is 2.24. The van der Waals surface area contributed by atoms with E-state index >= 15 is 0 Å². The Morgan fingerprint density at radius 1 is 1.30 bits per heavy atom. The molecule has 0 aliphatic carbocycles. The maximum atomic E-state index is 12.2. The number of carbonyl (C=O) groups is 1. The van der Waals surface area contributed by atoms with E-state index in [0.29, 0.717) is 6.04 Å². The van der Waals surface area contributed by atoms with Crippen molar-refractivity contribution in [1.82, 2.24) is 10.2 Å². The first kappa shape index (κ1) is 14.9. The van der Waals surface area contributed by atoms with Gasteiger partial charge >= 0.3 is 6.03 Å². The number of likely N-dealkylation sites (tertiary alicyclic amines) is 1. The number of aryl methyl sites for hydroxylation is 1. The van der Waals surface area contributed by atoms with E-state index in [-0.39, 0.29) is 6.03 Å². The highest BCUT2D eigenvalue weighted by Crippen LogP contribution is 2.19. The summed E-state index contributed by atoms with van der Waals surface area (Å²) < 4.78 is 0. The van der Waals surface area contributed by atoms with Crippen molar-refractivity contribution in [2.75, 3.05) is 13.1 Å². The monoisotopic (exact) mass is 274 g/mol. The molecule has 0 saturated carbocycles. The van der Waals surface area contributed by atoms with E-state index in [4.69, 9.17) is 0 Å². The summed E-state index contributed by atoms with van der Waals surface area (Å²) in [6.45, 7) is 5.89. The van der Waals surface area contributed by atoms with Gasteiger partial charge in [0.1, 0.15) is 0 Å². The van der Waals surface area contributed by atoms with Crippen molar-refractivity contribution < 1.29 is 4.79 Å². The molecule has 2 rings (SSSR count). The van der Waals surface area contributed by atoms with Crippen LogP contribution in [0, 0.1) is 6.92 Å². The predicted octanol–water partition coefficient (Wildman–Crippen LogP) is 3.51. The molecule has 20 heavy (non-hydrogen) atoms. The number of hydrogen-bond donors (Lipinski definition) is 1. The second-order valence-electron chi connectivity index (χ2n) is 5.72. The molecule has 1 unspecified atom stereocenters. The van der Waals surface area contributed by atoms with Gasteiger partial charge in [-0.2, -0.15) is 0 Å². The molecule has 1 fully saturated rings. The number of nitrogens with one attached hydrogen (secondary N) is 1. The number of rotatable bonds is 4. The van der Waals surface area contributed by atoms with Crippen LogP contribution in [0.3, 0.4) is 0 Å². The zero-order chi connectivity index (χ0) is 14.4. The van der Waals surface area contributed by atoms with Crippen molar-refractivity contribution in [2.24, 2.45) is 0 Å². The molecule has 1 aromatic carbocycles. The summed E-state index contributed by atoms with van der Waals surface area (Å²) in [5.74, 6) is 0. The Bertz CT molecular complexity index is 427. The van der Waals surface area contributed by atoms with Gasteiger partial charge in [-0.05, 0) is 44.6 Å². The maximum Gasteiger partial charge on any atom is 0.317 e. The third-order valence-electron chi connectivity index (χ3n) is 4.17. The van der Waals surface area contributed by atoms with Crippen LogP contribution in [0.4, 0.5) is 4.79 Å². The number of amides is 2. The van der Waals surface area contributed by atoms with Crippen molar-refractivity contribution in [3.63, 3.8) is 0 Å². The lowest BCUT2D eigenvalue weighted by molar-refractivity contribution is 0.149. The first-order valence-corrected chi connectivity index (χ1v) is 7.80. The fraction of sp³-hybridized carbons (Fsp3) is 0.588. The number of piperidine rings is 1. The summed E-state index contributed by atoms with van der Waals surface area (Å²) in [5.41, 5.74) is 2.55. The average Bonchev–Trinajstić information content (AvgIpc) is 2.49. The highest BCUT2D eigenvalue weighted by molar-refractivity contribution is 5.74. The molecule has 1 atom stereocenters. The molecule has 0 spiro atoms. The zero-order valence-electron chi connectivity index (χ0n) is 12.7. The molecule has 2 amide bonds. The van der Waals surface area contributed by atoms with Gasteiger partial charge in [0.15, 0.2) is 0 Å². The van der Waals surface area contributed by atoms with Crippen molar-refractivity contribution in [1.29, 1.82) is 0 Å². The van der Waals surface area contributed by atoms with Crippen molar-refractivity contribution >= 4 is 6.03 Å². The van der Waals surface area contributed by atoms with Crippen LogP contribution in [-0.4, -0.2) is 30.1 Å². The Balaban J connectivity index is 1.78. The van der Waals surface area contributed by atoms with E-state index < -0.39 is 0 Å². The van der Waals surface area contributed by atoms with Gasteiger partial charge in [-0.25, -0.2) is 4.79 Å². The molecule has 110 valence electrons. The van der Waals surface area contributed by atoms with E-state index in [0.717, 1.165) is 38.8 Å². The minimum absolute atomic E-state index is 0.115. The van der Waals surface area contributed by atoms with Crippen molar-refractivity contribution in [2.45, 2.75) is 52.0 Å². The van der Waals surface area contributed by atoms with Gasteiger partial charge in [-0.3, -0.25) is 0 Å². The van der Waals surface area contributed by atoms with E-state index in [1.807, 2.05) is 4.90 Å². The molecule has 1 N–H and O–H groups in total. The fourth-order valence-corrected chi connectivity index (χ4v) is 2.86. The van der Waals surface area contributed by atoms with Gasteiger partial charge in [0.25, 0.3) is 0 Å². The molecule has 1 aromatic rings. The summed E-state index contributed by atoms with van der Waals surface area (Å²) in [6, 6.07) is 9.06. The molecule has 0 radical (unpaired) electrons. The lowest BCUT2D eigenvalue weighted by Gasteiger charge is -2.35. The molecule has 3 nitrogen and oxygen atoms in total. The zero-order valence-corrected chi connectivity index (χ0v) is 12.7. The Morgan fingerprint density at radius 3 is 2.75 bits per heavy atom. The minimum atomic E-state index is 0.115. The number of benzene rings is 1. The lowest BCUT2D eigenvalue weighted by atomic mass is 10.0. The summed E-state index contributed by atoms with van der Waals surface area (Å²) in [6.07, 6.45) is 5.51. The Morgan fingerprint density at radius 2 is 2.05 bits per heavy atom. The standard InChI is InChI=1S/C17H26N2O/c1-3-16-6-4-5-13-19(16)17(20)18-12-11-15-9-7-14(2)8-10-15/h7-10,16H,3-6,11-13H2,1-2H3,(H,18,20). The van der Waals surface area contributed by atoms with E-state index in [9.17, 15) is 4.79 Å². The van der Waals surface area contributed by atoms with Crippen LogP contribution in [0.5, 0.6) is 0 Å². The Labute approximate surface area is 122 Å². The third-order valence-corrected chi connectivity index (χ3v) is 4.17. The number of nitrogens with zero attached hydrogens (tertiary/aromatic N) is 1. The largest absolute Gasteiger partial charge is 0.338 e. The van der Waals surface area contributed by atoms with Crippen LogP contribution < -0.4 is 5.32 Å². The molecule has 1 saturated heterocycles. The molecular weight excluding hydrogens is 248 g/mol. The van der Waals surface area contributed by atoms with Crippen molar-refractivity contribution in [3.05, 3.63) is 35.4 Å². The van der Waals surface area contributed by atoms with Crippen LogP contribution in [0.25, 0.3) is 0 Å². The van der Waals surface area contributed by atoms with Gasteiger partial charge < -0.3 is 10.2 Å². The fourth-order valence-electron chi connectivity index (χ4n) is 2.86. The third kappa shape index (κ3) is 3.99. The second-order valence-corrected chi connectivity index (χ2v) is 5.72. The van der Waals surface area contributed by atoms with Crippen LogP contribution in [0.15, 0.2) is 24.3 Å². The smallest absolute Gasteiger partial charge is 0.317 e. The topological polar surface area (TPSA) is 32.3 Å². The highest BCUT2D eigenvalue weighted by atomic mass is 16.2. The number of carbonyl (C=O) groups excluding carboxylic acids is 1. The predicted molar refractivity (Wildman–Crippen MR) is 82.9 cm³/mol. The van der Waals surface area contributed by atoms with Crippen LogP contribution in [0.2, 0.25) is 0 Å². The normalized spacial score (nSPS) is 18.9. The summed E-state index contributed by atoms with van der Waals surface area (Å²) >= 11 is 0. The quantitative estimate of drug-likeness (QED) is 0.895. The van der Waals surface area contributed by atoms with Gasteiger partial charge in [-0.1, -0.05) is 36.8 Å². The number of urea groups is 1. The molecule has 3 heteroatoms. The molecular formula is C17H26N2O. The summed E-state index contributed by atoms with van der Waals surface area (Å²) in [4.78, 5) is 14.3. The van der Waals surface area contributed by atoms with E-state index in [1.54, 1.807) is 0 Å². The first-order chi connectivity index (χ1) is 9.70. The van der Waals surface area contributed by atoms with Crippen LogP contribution >= 0.6 is 0 Å². The van der Waals surface area contributed by atoms with Crippen molar-refractivity contribution in [3.8, 4) is 0 Å². The lowest BCUT2D eigenvalue weighted by Crippen LogP contribution is -2.48. The Hall–Kier alpha value is -1.51. The summed E-state index contributed by atoms with van der Waals surface area (Å²) in [7, 11) is 0. The van der Waals surface area contributed by atoms with E-state index in [2.05, 4.69) is 43.4 Å². The molecule has 0 aromatic heterocycles. The first-order valence-electron chi connectivity index (χ1n) is 7.80. The van der Waals surface area contributed by atoms with E-state index in [1.165, 1.54) is 17.5 Å². The SMILES string of the molecule is CCC1CCCCN1C(=O)NCCc1ccc(C)cc1. The van der Waals surface area contributed by atoms with Crippen LogP contribution in [0.1, 0.15) is 43.7 Å². The minimum Gasteiger partial charge on any atom is -0.338 e.